The van der Waals surface area contributed by atoms with Gasteiger partial charge in [-0.2, -0.15) is 0 Å². The first-order valence-electron chi connectivity index (χ1n) is 19.6. The lowest BCUT2D eigenvalue weighted by molar-refractivity contribution is -0.225. The maximum Gasteiger partial charge on any atom is 0.178 e. The van der Waals surface area contributed by atoms with Gasteiger partial charge in [0, 0.05) is 24.2 Å². The average Bonchev–Trinajstić information content (AvgIpc) is 3.58. The van der Waals surface area contributed by atoms with Crippen LogP contribution in [0.25, 0.3) is 0 Å². The lowest BCUT2D eigenvalue weighted by atomic mass is 9.81. The summed E-state index contributed by atoms with van der Waals surface area (Å²) < 4.78 is 59.6. The van der Waals surface area contributed by atoms with Gasteiger partial charge in [-0.3, -0.25) is 0 Å². The zero-order valence-corrected chi connectivity index (χ0v) is 32.8. The van der Waals surface area contributed by atoms with Crippen molar-refractivity contribution in [3.8, 4) is 0 Å². The number of hydrogen-bond donors (Lipinski definition) is 0. The van der Waals surface area contributed by atoms with Crippen LogP contribution in [-0.4, -0.2) is 70.3 Å². The highest BCUT2D eigenvalue weighted by Gasteiger charge is 2.46. The van der Waals surface area contributed by atoms with Crippen molar-refractivity contribution in [1.82, 2.24) is 0 Å². The first-order chi connectivity index (χ1) is 23.7. The number of rotatable bonds is 15. The van der Waals surface area contributed by atoms with Crippen molar-refractivity contribution in [3.63, 3.8) is 0 Å². The number of ether oxygens (including phenoxy) is 5. The third-order valence-corrected chi connectivity index (χ3v) is 13.9. The molecule has 0 N–H and O–H groups in total. The fourth-order valence-electron chi connectivity index (χ4n) is 8.31. The zero-order chi connectivity index (χ0) is 36.2. The van der Waals surface area contributed by atoms with E-state index in [1.165, 1.54) is 5.57 Å². The van der Waals surface area contributed by atoms with E-state index >= 15 is 0 Å². The van der Waals surface area contributed by atoms with Crippen molar-refractivity contribution in [3.05, 3.63) is 54.1 Å². The summed E-state index contributed by atoms with van der Waals surface area (Å²) in [6.07, 6.45) is 8.61. The largest absolute Gasteiger partial charge is 0.374 e. The molecule has 10 atom stereocenters. The summed E-state index contributed by atoms with van der Waals surface area (Å²) in [7, 11) is -3.49. The first-order valence-corrected chi connectivity index (χ1v) is 21.2. The van der Waals surface area contributed by atoms with E-state index in [9.17, 15) is 8.42 Å². The predicted octanol–water partition coefficient (Wildman–Crippen LogP) is 8.89. The Hall–Kier alpha value is -1.55. The third kappa shape index (κ3) is 10.1. The minimum absolute atomic E-state index is 0.0317. The normalized spacial score (nSPS) is 34.3. The summed E-state index contributed by atoms with van der Waals surface area (Å²) in [6, 6.07) is 7.40. The highest BCUT2D eigenvalue weighted by atomic mass is 32.2. The molecule has 8 heteroatoms. The number of aryl methyl sites for hydroxylation is 1. The Kier molecular flexibility index (Phi) is 13.5. The monoisotopic (exact) mass is 714 g/mol. The van der Waals surface area contributed by atoms with E-state index in [2.05, 4.69) is 61.6 Å². The Bertz CT molecular complexity index is 1380. The molecule has 0 saturated carbocycles. The van der Waals surface area contributed by atoms with Crippen LogP contribution < -0.4 is 0 Å². The van der Waals surface area contributed by atoms with Crippen LogP contribution in [0.15, 0.2) is 53.5 Å². The molecule has 4 aliphatic heterocycles. The molecule has 4 heterocycles. The predicted molar refractivity (Wildman–Crippen MR) is 200 cm³/mol. The summed E-state index contributed by atoms with van der Waals surface area (Å²) in [6.45, 7) is 25.6. The topological polar surface area (TPSA) is 80.3 Å². The van der Waals surface area contributed by atoms with Crippen molar-refractivity contribution in [2.75, 3.05) is 19.0 Å². The highest BCUT2D eigenvalue weighted by molar-refractivity contribution is 7.91. The second-order valence-corrected chi connectivity index (χ2v) is 19.0. The second-order valence-electron chi connectivity index (χ2n) is 16.9. The Labute approximate surface area is 303 Å². The highest BCUT2D eigenvalue weighted by Crippen LogP contribution is 2.43. The van der Waals surface area contributed by atoms with Gasteiger partial charge in [0.2, 0.25) is 0 Å². The van der Waals surface area contributed by atoms with Crippen molar-refractivity contribution >= 4 is 9.84 Å². The molecule has 0 aromatic heterocycles. The maximum absolute atomic E-state index is 13.8. The average molecular weight is 715 g/mol. The molecule has 4 aliphatic rings. The molecule has 0 radical (unpaired) electrons. The summed E-state index contributed by atoms with van der Waals surface area (Å²) in [5.74, 6) is 0.923. The van der Waals surface area contributed by atoms with E-state index in [4.69, 9.17) is 23.7 Å². The van der Waals surface area contributed by atoms with Crippen LogP contribution in [0, 0.1) is 29.1 Å². The summed E-state index contributed by atoms with van der Waals surface area (Å²) in [5, 5.41) is 0. The van der Waals surface area contributed by atoms with Crippen LogP contribution in [0.3, 0.4) is 0 Å². The quantitative estimate of drug-likeness (QED) is 0.168. The van der Waals surface area contributed by atoms with E-state index in [0.717, 1.165) is 82.1 Å². The van der Waals surface area contributed by atoms with Crippen LogP contribution in [0.2, 0.25) is 0 Å². The van der Waals surface area contributed by atoms with Gasteiger partial charge in [-0.15, -0.1) is 0 Å². The molecular formula is C42H66O7S. The van der Waals surface area contributed by atoms with Gasteiger partial charge in [-0.05, 0) is 91.5 Å². The fraction of sp³-hybridized carbons (Fsp3) is 0.762. The minimum atomic E-state index is -3.49. The molecule has 0 spiro atoms. The van der Waals surface area contributed by atoms with Crippen molar-refractivity contribution in [2.24, 2.45) is 29.1 Å². The summed E-state index contributed by atoms with van der Waals surface area (Å²) >= 11 is 0. The Morgan fingerprint density at radius 3 is 2.20 bits per heavy atom. The smallest absolute Gasteiger partial charge is 0.178 e. The summed E-state index contributed by atoms with van der Waals surface area (Å²) in [4.78, 5) is 0.399. The molecule has 7 nitrogen and oxygen atoms in total. The van der Waals surface area contributed by atoms with E-state index in [1.54, 1.807) is 12.1 Å². The zero-order valence-electron chi connectivity index (χ0n) is 32.0. The van der Waals surface area contributed by atoms with Crippen LogP contribution >= 0.6 is 0 Å². The van der Waals surface area contributed by atoms with E-state index in [0.29, 0.717) is 23.2 Å². The van der Waals surface area contributed by atoms with Gasteiger partial charge < -0.3 is 23.7 Å². The van der Waals surface area contributed by atoms with E-state index < -0.39 is 9.84 Å². The van der Waals surface area contributed by atoms with Gasteiger partial charge in [-0.25, -0.2) is 8.42 Å². The maximum atomic E-state index is 13.8. The van der Waals surface area contributed by atoms with Crippen LogP contribution in [0.1, 0.15) is 112 Å². The van der Waals surface area contributed by atoms with Crippen molar-refractivity contribution in [1.29, 1.82) is 0 Å². The molecule has 1 aromatic carbocycles. The van der Waals surface area contributed by atoms with Gasteiger partial charge in [-0.1, -0.05) is 80.2 Å². The van der Waals surface area contributed by atoms with Gasteiger partial charge in [0.1, 0.15) is 0 Å². The van der Waals surface area contributed by atoms with Crippen molar-refractivity contribution in [2.45, 2.75) is 160 Å². The lowest BCUT2D eigenvalue weighted by Crippen LogP contribution is -2.38. The van der Waals surface area contributed by atoms with Crippen LogP contribution in [0.5, 0.6) is 0 Å². The SMILES string of the molecule is C=C1C[C@H](CCC2OCC(C)(C)CO2)O[C@H]1CC[C@H]1C[C@H](C)C(=C)[C@@H](C[C@@H]2O[C@H](C[C@H](C)CC)[C@H](C)[C@H]2CS(=O)(=O)c2ccc(CC)cc2)O1. The fourth-order valence-corrected chi connectivity index (χ4v) is 10.1. The molecule has 1 aromatic rings. The first kappa shape index (κ1) is 39.7. The van der Waals surface area contributed by atoms with Gasteiger partial charge in [0.25, 0.3) is 0 Å². The molecule has 282 valence electrons. The van der Waals surface area contributed by atoms with Gasteiger partial charge in [0.15, 0.2) is 16.1 Å². The molecule has 0 unspecified atom stereocenters. The van der Waals surface area contributed by atoms with Gasteiger partial charge in [0.05, 0.1) is 60.5 Å². The molecule has 4 saturated heterocycles. The molecule has 0 bridgehead atoms. The van der Waals surface area contributed by atoms with E-state index in [-0.39, 0.29) is 65.9 Å². The number of benzene rings is 1. The summed E-state index contributed by atoms with van der Waals surface area (Å²) in [5.41, 5.74) is 3.47. The molecular weight excluding hydrogens is 649 g/mol. The number of sulfone groups is 1. The molecule has 4 fully saturated rings. The van der Waals surface area contributed by atoms with E-state index in [1.807, 2.05) is 12.1 Å². The third-order valence-electron chi connectivity index (χ3n) is 12.1. The lowest BCUT2D eigenvalue weighted by Gasteiger charge is -2.38. The Morgan fingerprint density at radius 1 is 0.880 bits per heavy atom. The van der Waals surface area contributed by atoms with Crippen LogP contribution in [-0.2, 0) is 39.9 Å². The molecule has 0 aliphatic carbocycles. The Morgan fingerprint density at radius 2 is 1.54 bits per heavy atom. The van der Waals surface area contributed by atoms with Crippen LogP contribution in [0.4, 0.5) is 0 Å². The van der Waals surface area contributed by atoms with Gasteiger partial charge >= 0.3 is 0 Å². The molecule has 5 rings (SSSR count). The number of hydrogen-bond acceptors (Lipinski definition) is 7. The minimum Gasteiger partial charge on any atom is -0.374 e. The Balaban J connectivity index is 1.19. The molecule has 50 heavy (non-hydrogen) atoms. The van der Waals surface area contributed by atoms with Crippen molar-refractivity contribution < 1.29 is 32.1 Å². The molecule has 0 amide bonds. The standard InChI is InChI=1S/C42H66O7S/c1-10-27(3)20-38-31(7)36(24-50(43,44)35-16-12-32(11-2)13-17-35)40(49-38)23-39-30(6)28(4)21-33(48-39)14-18-37-29(5)22-34(47-37)15-19-41-45-25-42(8,9)26-46-41/h12-13,16-17,27-28,31,33-34,36-41H,5-6,10-11,14-15,18-26H2,1-4,7-9H3/t27-,28+,31-,33+,34+,36-,37+,38-,39-,40+/m1/s1. The second kappa shape index (κ2) is 17.1.